The van der Waals surface area contributed by atoms with Gasteiger partial charge in [-0.3, -0.25) is 0 Å². The van der Waals surface area contributed by atoms with Gasteiger partial charge in [-0.2, -0.15) is 0 Å². The zero-order chi connectivity index (χ0) is 15.3. The highest BCUT2D eigenvalue weighted by atomic mass is 32.2. The Labute approximate surface area is 124 Å². The smallest absolute Gasteiger partial charge is 0.274 e. The van der Waals surface area contributed by atoms with Crippen molar-refractivity contribution in [3.8, 4) is 0 Å². The first kappa shape index (κ1) is 16.4. The van der Waals surface area contributed by atoms with E-state index in [2.05, 4.69) is 10.0 Å². The summed E-state index contributed by atoms with van der Waals surface area (Å²) in [6.45, 7) is 1.47. The zero-order valence-corrected chi connectivity index (χ0v) is 12.9. The molecule has 0 amide bonds. The van der Waals surface area contributed by atoms with E-state index in [1.54, 1.807) is 13.2 Å². The van der Waals surface area contributed by atoms with Crippen LogP contribution < -0.4 is 10.0 Å². The van der Waals surface area contributed by atoms with Crippen LogP contribution in [0.1, 0.15) is 25.0 Å². The predicted molar refractivity (Wildman–Crippen MR) is 76.3 cm³/mol. The fourth-order valence-electron chi connectivity index (χ4n) is 2.21. The molecule has 1 aliphatic carbocycles. The van der Waals surface area contributed by atoms with Crippen molar-refractivity contribution in [2.75, 3.05) is 26.9 Å². The van der Waals surface area contributed by atoms with Gasteiger partial charge in [0.05, 0.1) is 25.3 Å². The Bertz CT molecular complexity index is 545. The van der Waals surface area contributed by atoms with Crippen LogP contribution in [0.3, 0.4) is 0 Å². The van der Waals surface area contributed by atoms with E-state index in [9.17, 15) is 13.5 Å². The first-order valence-corrected chi connectivity index (χ1v) is 8.43. The lowest BCUT2D eigenvalue weighted by atomic mass is 9.78. The molecular weight excluding hydrogens is 296 g/mol. The van der Waals surface area contributed by atoms with E-state index in [4.69, 9.17) is 9.15 Å². The summed E-state index contributed by atoms with van der Waals surface area (Å²) >= 11 is 0. The van der Waals surface area contributed by atoms with Gasteiger partial charge in [-0.15, -0.1) is 0 Å². The molecule has 0 bridgehead atoms. The summed E-state index contributed by atoms with van der Waals surface area (Å²) in [5.74, 6) is 0.540. The molecule has 0 spiro atoms. The molecule has 0 aromatic carbocycles. The summed E-state index contributed by atoms with van der Waals surface area (Å²) in [6.07, 6.45) is 2.21. The highest BCUT2D eigenvalue weighted by Crippen LogP contribution is 2.33. The number of sulfonamides is 1. The number of furan rings is 1. The molecule has 2 rings (SSSR count). The molecule has 1 aliphatic rings. The number of hydrogen-bond acceptors (Lipinski definition) is 6. The number of aliphatic hydroxyl groups excluding tert-OH is 1. The highest BCUT2D eigenvalue weighted by Gasteiger charge is 2.41. The zero-order valence-electron chi connectivity index (χ0n) is 12.1. The topological polar surface area (TPSA) is 101 Å². The molecule has 8 heteroatoms. The maximum absolute atomic E-state index is 12.2. The first-order chi connectivity index (χ1) is 10.0. The second-order valence-corrected chi connectivity index (χ2v) is 6.90. The van der Waals surface area contributed by atoms with Crippen LogP contribution in [0.2, 0.25) is 0 Å². The number of rotatable bonds is 9. The average Bonchev–Trinajstić information content (AvgIpc) is 2.89. The molecule has 120 valence electrons. The molecule has 7 nitrogen and oxygen atoms in total. The van der Waals surface area contributed by atoms with Gasteiger partial charge in [-0.05, 0) is 31.4 Å². The predicted octanol–water partition coefficient (Wildman–Crippen LogP) is 0.209. The van der Waals surface area contributed by atoms with Crippen molar-refractivity contribution in [2.45, 2.75) is 36.4 Å². The molecule has 0 unspecified atom stereocenters. The van der Waals surface area contributed by atoms with Crippen LogP contribution in [-0.4, -0.2) is 45.9 Å². The molecule has 1 saturated carbocycles. The third kappa shape index (κ3) is 4.04. The van der Waals surface area contributed by atoms with E-state index in [1.165, 1.54) is 6.07 Å². The maximum Gasteiger partial charge on any atom is 0.274 e. The molecule has 1 aromatic rings. The third-order valence-corrected chi connectivity index (χ3v) is 5.10. The minimum atomic E-state index is -3.73. The van der Waals surface area contributed by atoms with Crippen molar-refractivity contribution in [1.82, 2.24) is 10.0 Å². The van der Waals surface area contributed by atoms with Crippen LogP contribution >= 0.6 is 0 Å². The Morgan fingerprint density at radius 3 is 2.76 bits per heavy atom. The summed E-state index contributed by atoms with van der Waals surface area (Å²) in [5, 5.41) is 12.3. The largest absolute Gasteiger partial charge is 0.447 e. The molecule has 0 aliphatic heterocycles. The lowest BCUT2D eigenvalue weighted by Crippen LogP contribution is -2.55. The summed E-state index contributed by atoms with van der Waals surface area (Å²) in [4.78, 5) is 0. The fourth-order valence-corrected chi connectivity index (χ4v) is 3.62. The second-order valence-electron chi connectivity index (χ2n) is 5.29. The van der Waals surface area contributed by atoms with Crippen LogP contribution in [0.15, 0.2) is 21.6 Å². The van der Waals surface area contributed by atoms with Gasteiger partial charge in [0.25, 0.3) is 10.0 Å². The van der Waals surface area contributed by atoms with Crippen molar-refractivity contribution < 1.29 is 22.7 Å². The van der Waals surface area contributed by atoms with Gasteiger partial charge < -0.3 is 19.6 Å². The average molecular weight is 318 g/mol. The van der Waals surface area contributed by atoms with E-state index in [-0.39, 0.29) is 11.7 Å². The molecule has 0 saturated heterocycles. The van der Waals surface area contributed by atoms with Crippen LogP contribution in [-0.2, 0) is 21.3 Å². The SMILES string of the molecule is COCCNCc1ccc(S(=O)(=O)NC2(CO)CCC2)o1. The van der Waals surface area contributed by atoms with Crippen LogP contribution in [0.25, 0.3) is 0 Å². The van der Waals surface area contributed by atoms with Crippen molar-refractivity contribution in [2.24, 2.45) is 0 Å². The normalized spacial score (nSPS) is 17.6. The Balaban J connectivity index is 1.96. The van der Waals surface area contributed by atoms with Crippen molar-refractivity contribution in [3.63, 3.8) is 0 Å². The molecule has 0 atom stereocenters. The molecule has 0 radical (unpaired) electrons. The lowest BCUT2D eigenvalue weighted by Gasteiger charge is -2.40. The third-order valence-electron chi connectivity index (χ3n) is 3.65. The minimum Gasteiger partial charge on any atom is -0.447 e. The highest BCUT2D eigenvalue weighted by molar-refractivity contribution is 7.89. The van der Waals surface area contributed by atoms with E-state index >= 15 is 0 Å². The van der Waals surface area contributed by atoms with Gasteiger partial charge in [-0.1, -0.05) is 0 Å². The maximum atomic E-state index is 12.2. The van der Waals surface area contributed by atoms with Crippen LogP contribution in [0.4, 0.5) is 0 Å². The number of ether oxygens (including phenoxy) is 1. The van der Waals surface area contributed by atoms with Crippen molar-refractivity contribution in [3.05, 3.63) is 17.9 Å². The molecule has 1 aromatic heterocycles. The van der Waals surface area contributed by atoms with Gasteiger partial charge in [-0.25, -0.2) is 13.1 Å². The number of nitrogens with one attached hydrogen (secondary N) is 2. The fraction of sp³-hybridized carbons (Fsp3) is 0.692. The van der Waals surface area contributed by atoms with Gasteiger partial charge in [0.15, 0.2) is 0 Å². The number of aliphatic hydroxyl groups is 1. The molecule has 21 heavy (non-hydrogen) atoms. The van der Waals surface area contributed by atoms with Gasteiger partial charge in [0, 0.05) is 13.7 Å². The second kappa shape index (κ2) is 6.89. The van der Waals surface area contributed by atoms with Crippen molar-refractivity contribution >= 4 is 10.0 Å². The summed E-state index contributed by atoms with van der Waals surface area (Å²) in [6, 6.07) is 3.06. The molecule has 1 heterocycles. The van der Waals surface area contributed by atoms with Gasteiger partial charge in [0.2, 0.25) is 5.09 Å². The van der Waals surface area contributed by atoms with Crippen LogP contribution in [0, 0.1) is 0 Å². The van der Waals surface area contributed by atoms with E-state index < -0.39 is 15.6 Å². The molecular formula is C13H22N2O5S. The number of hydrogen-bond donors (Lipinski definition) is 3. The standard InChI is InChI=1S/C13H22N2O5S/c1-19-8-7-14-9-11-3-4-12(20-11)21(17,18)15-13(10-16)5-2-6-13/h3-4,14-16H,2,5-10H2,1H3. The Hall–Kier alpha value is -0.930. The van der Waals surface area contributed by atoms with E-state index in [1.807, 2.05) is 0 Å². The van der Waals surface area contributed by atoms with Gasteiger partial charge in [0.1, 0.15) is 5.76 Å². The number of methoxy groups -OCH3 is 1. The van der Waals surface area contributed by atoms with E-state index in [0.717, 1.165) is 6.42 Å². The van der Waals surface area contributed by atoms with Crippen molar-refractivity contribution in [1.29, 1.82) is 0 Å². The Morgan fingerprint density at radius 1 is 1.43 bits per heavy atom. The Morgan fingerprint density at radius 2 is 2.19 bits per heavy atom. The van der Waals surface area contributed by atoms with Gasteiger partial charge >= 0.3 is 0 Å². The summed E-state index contributed by atoms with van der Waals surface area (Å²) < 4.78 is 37.3. The van der Waals surface area contributed by atoms with Crippen LogP contribution in [0.5, 0.6) is 0 Å². The first-order valence-electron chi connectivity index (χ1n) is 6.94. The molecule has 3 N–H and O–H groups in total. The summed E-state index contributed by atoms with van der Waals surface area (Å²) in [5.41, 5.74) is -0.720. The lowest BCUT2D eigenvalue weighted by molar-refractivity contribution is 0.110. The Kier molecular flexibility index (Phi) is 5.39. The molecule has 1 fully saturated rings. The monoisotopic (exact) mass is 318 g/mol. The minimum absolute atomic E-state index is 0.120. The summed E-state index contributed by atoms with van der Waals surface area (Å²) in [7, 11) is -2.12. The quantitative estimate of drug-likeness (QED) is 0.563. The van der Waals surface area contributed by atoms with E-state index in [0.29, 0.717) is 38.3 Å².